The molecule has 0 fully saturated rings. The van der Waals surface area contributed by atoms with Crippen LogP contribution in [0, 0.1) is 5.92 Å². The Kier molecular flexibility index (Phi) is 4.87. The highest BCUT2D eigenvalue weighted by Gasteiger charge is 2.43. The average molecular weight is 308 g/mol. The summed E-state index contributed by atoms with van der Waals surface area (Å²) in [5.41, 5.74) is 0.271. The van der Waals surface area contributed by atoms with E-state index in [1.807, 2.05) is 0 Å². The normalized spacial score (nSPS) is 16.3. The first-order valence-electron chi connectivity index (χ1n) is 6.80. The van der Waals surface area contributed by atoms with Crippen molar-refractivity contribution < 1.29 is 23.9 Å². The first-order valence-corrected chi connectivity index (χ1v) is 6.80. The fourth-order valence-electron chi connectivity index (χ4n) is 2.10. The highest BCUT2D eigenvalue weighted by molar-refractivity contribution is 5.99. The van der Waals surface area contributed by atoms with Crippen LogP contribution in [0.1, 0.15) is 25.6 Å². The van der Waals surface area contributed by atoms with Gasteiger partial charge in [-0.1, -0.05) is 0 Å². The Balaban J connectivity index is 2.40. The lowest BCUT2D eigenvalue weighted by molar-refractivity contribution is -0.163. The van der Waals surface area contributed by atoms with Gasteiger partial charge in [0.2, 0.25) is 0 Å². The van der Waals surface area contributed by atoms with Crippen LogP contribution in [0.2, 0.25) is 0 Å². The van der Waals surface area contributed by atoms with E-state index in [9.17, 15) is 14.4 Å². The molecular weight excluding hydrogens is 292 g/mol. The van der Waals surface area contributed by atoms with Crippen LogP contribution < -0.4 is 10.6 Å². The summed E-state index contributed by atoms with van der Waals surface area (Å²) in [7, 11) is 0. The molecule has 2 rings (SSSR count). The van der Waals surface area contributed by atoms with E-state index in [0.29, 0.717) is 0 Å². The molecule has 0 aliphatic carbocycles. The molecule has 0 spiro atoms. The van der Waals surface area contributed by atoms with Crippen LogP contribution in [0.15, 0.2) is 12.4 Å². The summed E-state index contributed by atoms with van der Waals surface area (Å²) in [4.78, 5) is 44.0. The van der Waals surface area contributed by atoms with Crippen LogP contribution in [-0.2, 0) is 19.1 Å². The molecule has 1 unspecified atom stereocenters. The molecule has 22 heavy (non-hydrogen) atoms. The van der Waals surface area contributed by atoms with Crippen LogP contribution in [-0.4, -0.2) is 41.2 Å². The van der Waals surface area contributed by atoms with Gasteiger partial charge in [-0.05, 0) is 13.8 Å². The number of carbonyl (C=O) groups is 3. The Morgan fingerprint density at radius 3 is 2.36 bits per heavy atom. The van der Waals surface area contributed by atoms with Gasteiger partial charge in [0.25, 0.3) is 0 Å². The van der Waals surface area contributed by atoms with Crippen molar-refractivity contribution in [1.29, 1.82) is 0 Å². The number of nitrogens with zero attached hydrogens (tertiary/aromatic N) is 2. The van der Waals surface area contributed by atoms with Crippen LogP contribution >= 0.6 is 0 Å². The van der Waals surface area contributed by atoms with Crippen LogP contribution in [0.5, 0.6) is 0 Å². The molecule has 0 saturated heterocycles. The first-order chi connectivity index (χ1) is 10.6. The number of urea groups is 1. The zero-order valence-electron chi connectivity index (χ0n) is 12.2. The minimum absolute atomic E-state index is 0.0982. The SMILES string of the molecule is CCOC(=O)C(C(=O)OCC)C1NC(=O)Nc2nccnc21. The molecule has 1 aromatic heterocycles. The number of nitrogens with one attached hydrogen (secondary N) is 2. The number of rotatable bonds is 5. The topological polar surface area (TPSA) is 120 Å². The van der Waals surface area contributed by atoms with Gasteiger partial charge in [0.05, 0.1) is 13.2 Å². The molecule has 1 aliphatic heterocycles. The second kappa shape index (κ2) is 6.83. The van der Waals surface area contributed by atoms with Gasteiger partial charge < -0.3 is 14.8 Å². The number of ether oxygens (including phenoxy) is 2. The zero-order chi connectivity index (χ0) is 16.1. The van der Waals surface area contributed by atoms with E-state index in [2.05, 4.69) is 20.6 Å². The van der Waals surface area contributed by atoms with Crippen molar-refractivity contribution in [2.24, 2.45) is 5.92 Å². The maximum absolute atomic E-state index is 12.1. The minimum Gasteiger partial charge on any atom is -0.465 e. The van der Waals surface area contributed by atoms with Crippen LogP contribution in [0.3, 0.4) is 0 Å². The summed E-state index contributed by atoms with van der Waals surface area (Å²) in [6.07, 6.45) is 2.80. The van der Waals surface area contributed by atoms with Gasteiger partial charge in [-0.2, -0.15) is 0 Å². The molecule has 0 bridgehead atoms. The molecule has 9 nitrogen and oxygen atoms in total. The largest absolute Gasteiger partial charge is 0.465 e. The third-order valence-electron chi connectivity index (χ3n) is 2.95. The van der Waals surface area contributed by atoms with Gasteiger partial charge in [0, 0.05) is 12.4 Å². The average Bonchev–Trinajstić information content (AvgIpc) is 2.47. The number of aromatic nitrogens is 2. The van der Waals surface area contributed by atoms with E-state index in [1.54, 1.807) is 13.8 Å². The van der Waals surface area contributed by atoms with E-state index in [-0.39, 0.29) is 24.7 Å². The Labute approximate surface area is 126 Å². The van der Waals surface area contributed by atoms with Crippen LogP contribution in [0.25, 0.3) is 0 Å². The van der Waals surface area contributed by atoms with Crippen molar-refractivity contribution in [3.63, 3.8) is 0 Å². The summed E-state index contributed by atoms with van der Waals surface area (Å²) in [5.74, 6) is -2.73. The second-order valence-electron chi connectivity index (χ2n) is 4.35. The van der Waals surface area contributed by atoms with Gasteiger partial charge in [-0.25, -0.2) is 9.78 Å². The number of anilines is 1. The quantitative estimate of drug-likeness (QED) is 0.596. The minimum atomic E-state index is -1.35. The van der Waals surface area contributed by atoms with Crippen molar-refractivity contribution in [3.8, 4) is 0 Å². The summed E-state index contributed by atoms with van der Waals surface area (Å²) < 4.78 is 9.83. The molecule has 9 heteroatoms. The maximum Gasteiger partial charge on any atom is 0.322 e. The number of hydrogen-bond donors (Lipinski definition) is 2. The molecular formula is C13H16N4O5. The van der Waals surface area contributed by atoms with Gasteiger partial charge in [0.15, 0.2) is 11.7 Å². The Morgan fingerprint density at radius 2 is 1.77 bits per heavy atom. The molecule has 118 valence electrons. The molecule has 2 amide bonds. The molecule has 0 radical (unpaired) electrons. The molecule has 1 aliphatic rings. The number of carbonyl (C=O) groups excluding carboxylic acids is 3. The third-order valence-corrected chi connectivity index (χ3v) is 2.95. The lowest BCUT2D eigenvalue weighted by Crippen LogP contribution is -2.47. The number of esters is 2. The zero-order valence-corrected chi connectivity index (χ0v) is 12.2. The van der Waals surface area contributed by atoms with Crippen molar-refractivity contribution in [1.82, 2.24) is 15.3 Å². The highest BCUT2D eigenvalue weighted by Crippen LogP contribution is 2.30. The predicted octanol–water partition coefficient (Wildman–Crippen LogP) is 0.395. The van der Waals surface area contributed by atoms with E-state index < -0.39 is 29.9 Å². The predicted molar refractivity (Wildman–Crippen MR) is 73.7 cm³/mol. The van der Waals surface area contributed by atoms with E-state index >= 15 is 0 Å². The van der Waals surface area contributed by atoms with Crippen LogP contribution in [0.4, 0.5) is 10.6 Å². The standard InChI is InChI=1S/C13H16N4O5/c1-3-21-11(18)7(12(19)22-4-2)8-9-10(15-6-5-14-9)17-13(20)16-8/h5-8H,3-4H2,1-2H3,(H2,15,16,17,20). The van der Waals surface area contributed by atoms with Crippen molar-refractivity contribution in [2.45, 2.75) is 19.9 Å². The monoisotopic (exact) mass is 308 g/mol. The molecule has 0 saturated carbocycles. The molecule has 1 atom stereocenters. The first kappa shape index (κ1) is 15.7. The Hall–Kier alpha value is -2.71. The lowest BCUT2D eigenvalue weighted by Gasteiger charge is -2.29. The fourth-order valence-corrected chi connectivity index (χ4v) is 2.10. The van der Waals surface area contributed by atoms with Gasteiger partial charge in [-0.3, -0.25) is 19.9 Å². The van der Waals surface area contributed by atoms with E-state index in [0.717, 1.165) is 0 Å². The van der Waals surface area contributed by atoms with Crippen molar-refractivity contribution in [2.75, 3.05) is 18.5 Å². The summed E-state index contributed by atoms with van der Waals surface area (Å²) in [6, 6.07) is -1.59. The van der Waals surface area contributed by atoms with E-state index in [1.165, 1.54) is 12.4 Å². The summed E-state index contributed by atoms with van der Waals surface area (Å²) in [5, 5.41) is 4.96. The van der Waals surface area contributed by atoms with E-state index in [4.69, 9.17) is 9.47 Å². The molecule has 2 heterocycles. The summed E-state index contributed by atoms with van der Waals surface area (Å²) in [6.45, 7) is 3.44. The highest BCUT2D eigenvalue weighted by atomic mass is 16.6. The summed E-state index contributed by atoms with van der Waals surface area (Å²) >= 11 is 0. The fraction of sp³-hybridized carbons (Fsp3) is 0.462. The smallest absolute Gasteiger partial charge is 0.322 e. The van der Waals surface area contributed by atoms with Gasteiger partial charge in [0.1, 0.15) is 11.7 Å². The van der Waals surface area contributed by atoms with Gasteiger partial charge in [-0.15, -0.1) is 0 Å². The molecule has 0 aromatic carbocycles. The van der Waals surface area contributed by atoms with Gasteiger partial charge >= 0.3 is 18.0 Å². The van der Waals surface area contributed by atoms with Crippen molar-refractivity contribution in [3.05, 3.63) is 18.1 Å². The Bertz CT molecular complexity index is 574. The molecule has 2 N–H and O–H groups in total. The van der Waals surface area contributed by atoms with Crippen molar-refractivity contribution >= 4 is 23.8 Å². The lowest BCUT2D eigenvalue weighted by atomic mass is 9.95. The molecule has 1 aromatic rings. The third kappa shape index (κ3) is 3.13. The number of hydrogen-bond acceptors (Lipinski definition) is 7. The second-order valence-corrected chi connectivity index (χ2v) is 4.35. The Morgan fingerprint density at radius 1 is 1.18 bits per heavy atom. The number of fused-ring (bicyclic) bond motifs is 1. The maximum atomic E-state index is 12.1. The number of amides is 2.